The number of amides is 1. The molecule has 0 unspecified atom stereocenters. The number of β-lactam (4-membered cyclic amide) rings is 1. The molecule has 2 saturated heterocycles. The number of fused-ring (bicyclic) bond motifs is 1. The number of rotatable bonds is 5. The molecule has 2 fully saturated rings. The normalized spacial score (nSPS) is 27.5. The van der Waals surface area contributed by atoms with E-state index < -0.39 is 47.8 Å². The Morgan fingerprint density at radius 3 is 2.45 bits per heavy atom. The fraction of sp³-hybridized carbons (Fsp3) is 0.471. The molecule has 14 heteroatoms. The molecule has 2 aliphatic rings. The average molecular weight is 594 g/mol. The number of non-ortho nitro benzene ring substituents is 1. The summed E-state index contributed by atoms with van der Waals surface area (Å²) in [6, 6.07) is 4.52. The van der Waals surface area contributed by atoms with Crippen molar-refractivity contribution in [3.63, 3.8) is 0 Å². The number of ether oxygens (including phenoxy) is 1. The fourth-order valence-corrected chi connectivity index (χ4v) is 6.21. The van der Waals surface area contributed by atoms with Crippen molar-refractivity contribution in [3.8, 4) is 0 Å². The molecule has 0 saturated carbocycles. The van der Waals surface area contributed by atoms with Crippen LogP contribution in [0.4, 0.5) is 5.69 Å². The van der Waals surface area contributed by atoms with Crippen molar-refractivity contribution < 1.29 is 19.2 Å². The molecule has 2 aliphatic heterocycles. The minimum Gasteiger partial charge on any atom is -0.460 e. The Morgan fingerprint density at radius 1 is 1.35 bits per heavy atom. The first-order chi connectivity index (χ1) is 14.2. The van der Waals surface area contributed by atoms with Gasteiger partial charge in [0.1, 0.15) is 23.2 Å². The topological polar surface area (TPSA) is 102 Å². The predicted octanol–water partition coefficient (Wildman–Crippen LogP) is 4.65. The Labute approximate surface area is 209 Å². The van der Waals surface area contributed by atoms with Crippen LogP contribution in [0.1, 0.15) is 19.4 Å². The highest BCUT2D eigenvalue weighted by Crippen LogP contribution is 2.58. The Kier molecular flexibility index (Phi) is 6.84. The van der Waals surface area contributed by atoms with Gasteiger partial charge in [0.25, 0.3) is 11.6 Å². The molecule has 1 amide bonds. The van der Waals surface area contributed by atoms with Gasteiger partial charge in [-0.3, -0.25) is 14.9 Å². The third kappa shape index (κ3) is 4.79. The van der Waals surface area contributed by atoms with Crippen molar-refractivity contribution in [2.45, 2.75) is 38.3 Å². The molecule has 0 spiro atoms. The summed E-state index contributed by atoms with van der Waals surface area (Å²) < 4.78 is 1.21. The van der Waals surface area contributed by atoms with Gasteiger partial charge in [0.15, 0.2) is 0 Å². The van der Waals surface area contributed by atoms with Gasteiger partial charge in [-0.05, 0) is 41.9 Å². The van der Waals surface area contributed by atoms with Crippen LogP contribution < -0.4 is 0 Å². The molecule has 1 aromatic carbocycles. The molecule has 0 bridgehead atoms. The quantitative estimate of drug-likeness (QED) is 0.0937. The van der Waals surface area contributed by atoms with Gasteiger partial charge in [0, 0.05) is 22.4 Å². The lowest BCUT2D eigenvalue weighted by atomic mass is 9.96. The number of benzene rings is 1. The SMILES string of the molecule is CC1(C)S[C@H]2N(C(=O)[C@@]2(Br)N=C(Cl)c2ccc([N+](=O)[O-])cc2)[C@H]1C(=O)OCC(Cl)(Cl)Cl. The third-order valence-electron chi connectivity index (χ3n) is 4.64. The smallest absolute Gasteiger partial charge is 0.330 e. The fourth-order valence-electron chi connectivity index (χ4n) is 3.25. The van der Waals surface area contributed by atoms with E-state index in [-0.39, 0.29) is 10.9 Å². The summed E-state index contributed by atoms with van der Waals surface area (Å²) >= 11 is 27.9. The number of aliphatic imine (C=N–C) groups is 1. The van der Waals surface area contributed by atoms with Crippen molar-refractivity contribution >= 4 is 96.8 Å². The maximum absolute atomic E-state index is 13.0. The van der Waals surface area contributed by atoms with E-state index >= 15 is 0 Å². The molecule has 1 aromatic rings. The number of nitro benzene ring substituents is 1. The molecule has 0 aliphatic carbocycles. The van der Waals surface area contributed by atoms with E-state index in [2.05, 4.69) is 20.9 Å². The average Bonchev–Trinajstić information content (AvgIpc) is 2.94. The van der Waals surface area contributed by atoms with Crippen LogP contribution in [-0.2, 0) is 14.3 Å². The largest absolute Gasteiger partial charge is 0.460 e. The zero-order chi connectivity index (χ0) is 23.4. The maximum atomic E-state index is 13.0. The molecule has 3 atom stereocenters. The Hall–Kier alpha value is -0.780. The van der Waals surface area contributed by atoms with Gasteiger partial charge in [0.2, 0.25) is 8.24 Å². The van der Waals surface area contributed by atoms with Crippen LogP contribution in [0.5, 0.6) is 0 Å². The molecule has 2 heterocycles. The van der Waals surface area contributed by atoms with Gasteiger partial charge in [0.05, 0.1) is 4.92 Å². The molecule has 8 nitrogen and oxygen atoms in total. The van der Waals surface area contributed by atoms with Crippen LogP contribution in [0.2, 0.25) is 0 Å². The summed E-state index contributed by atoms with van der Waals surface area (Å²) in [6.45, 7) is 3.13. The van der Waals surface area contributed by atoms with E-state index in [1.165, 1.54) is 40.9 Å². The first-order valence-electron chi connectivity index (χ1n) is 8.60. The number of carbonyl (C=O) groups is 2. The van der Waals surface area contributed by atoms with E-state index in [1.807, 2.05) is 0 Å². The lowest BCUT2D eigenvalue weighted by Gasteiger charge is -2.47. The van der Waals surface area contributed by atoms with Gasteiger partial charge < -0.3 is 9.64 Å². The number of nitrogens with zero attached hydrogens (tertiary/aromatic N) is 3. The van der Waals surface area contributed by atoms with Gasteiger partial charge >= 0.3 is 5.97 Å². The summed E-state index contributed by atoms with van der Waals surface area (Å²) in [5.74, 6) is -1.17. The molecule has 0 aromatic heterocycles. The molecule has 31 heavy (non-hydrogen) atoms. The van der Waals surface area contributed by atoms with E-state index in [1.54, 1.807) is 13.8 Å². The van der Waals surface area contributed by atoms with E-state index in [0.717, 1.165) is 0 Å². The van der Waals surface area contributed by atoms with Gasteiger partial charge in [-0.2, -0.15) is 0 Å². The highest BCUT2D eigenvalue weighted by atomic mass is 79.9. The molecular weight excluding hydrogens is 580 g/mol. The second-order valence-electron chi connectivity index (χ2n) is 7.29. The predicted molar refractivity (Wildman–Crippen MR) is 124 cm³/mol. The first-order valence-corrected chi connectivity index (χ1v) is 11.8. The standard InChI is InChI=1S/C17H14BrCl4N3O5S/c1-15(2)10(12(26)30-7-16(20,21)22)24-13(27)17(18,14(24)31-15)23-11(19)8-3-5-9(6-4-8)25(28)29/h3-6,10,14H,7H2,1-2H3/t10-,14+,17+/m0/s1. The third-order valence-corrected chi connectivity index (χ3v) is 8.15. The van der Waals surface area contributed by atoms with Crippen molar-refractivity contribution in [2.75, 3.05) is 6.61 Å². The molecule has 3 rings (SSSR count). The summed E-state index contributed by atoms with van der Waals surface area (Å²) in [6.07, 6.45) is 0. The van der Waals surface area contributed by atoms with Gasteiger partial charge in [-0.1, -0.05) is 46.4 Å². The van der Waals surface area contributed by atoms with E-state index in [9.17, 15) is 19.7 Å². The number of thioether (sulfide) groups is 1. The Balaban J connectivity index is 1.83. The highest BCUT2D eigenvalue weighted by molar-refractivity contribution is 9.10. The molecule has 0 radical (unpaired) electrons. The van der Waals surface area contributed by atoms with E-state index in [4.69, 9.17) is 51.1 Å². The highest BCUT2D eigenvalue weighted by Gasteiger charge is 2.71. The van der Waals surface area contributed by atoms with Crippen molar-refractivity contribution in [1.82, 2.24) is 4.90 Å². The number of alkyl halides is 4. The molecule has 0 N–H and O–H groups in total. The second kappa shape index (κ2) is 8.53. The van der Waals surface area contributed by atoms with Crippen LogP contribution in [0.25, 0.3) is 0 Å². The lowest BCUT2D eigenvalue weighted by Crippen LogP contribution is -2.70. The number of hydrogen-bond acceptors (Lipinski definition) is 7. The zero-order valence-corrected chi connectivity index (χ0v) is 21.3. The van der Waals surface area contributed by atoms with Crippen molar-refractivity contribution in [2.24, 2.45) is 4.99 Å². The summed E-state index contributed by atoms with van der Waals surface area (Å²) in [7, 11) is 0. The van der Waals surface area contributed by atoms with Crippen molar-refractivity contribution in [1.29, 1.82) is 0 Å². The number of carbonyl (C=O) groups excluding carboxylic acids is 2. The molecular formula is C17H14BrCl4N3O5S. The Morgan fingerprint density at radius 2 is 1.94 bits per heavy atom. The van der Waals surface area contributed by atoms with Crippen LogP contribution in [0, 0.1) is 10.1 Å². The van der Waals surface area contributed by atoms with Crippen LogP contribution >= 0.6 is 74.1 Å². The first kappa shape index (κ1) is 24.9. The zero-order valence-electron chi connectivity index (χ0n) is 15.9. The van der Waals surface area contributed by atoms with Crippen LogP contribution in [0.15, 0.2) is 29.3 Å². The molecule has 168 valence electrons. The summed E-state index contributed by atoms with van der Waals surface area (Å²) in [4.78, 5) is 41.6. The van der Waals surface area contributed by atoms with Gasteiger partial charge in [-0.15, -0.1) is 11.8 Å². The Bertz CT molecular complexity index is 972. The lowest BCUT2D eigenvalue weighted by molar-refractivity contribution is -0.384. The van der Waals surface area contributed by atoms with Crippen LogP contribution in [-0.4, -0.2) is 57.9 Å². The summed E-state index contributed by atoms with van der Waals surface area (Å²) in [5, 5.41) is 10.2. The number of esters is 1. The van der Waals surface area contributed by atoms with Gasteiger partial charge in [-0.25, -0.2) is 9.79 Å². The second-order valence-corrected chi connectivity index (χ2v) is 13.1. The van der Waals surface area contributed by atoms with Crippen molar-refractivity contribution in [3.05, 3.63) is 39.9 Å². The maximum Gasteiger partial charge on any atom is 0.330 e. The van der Waals surface area contributed by atoms with Crippen LogP contribution in [0.3, 0.4) is 0 Å². The number of hydrogen-bond donors (Lipinski definition) is 0. The minimum absolute atomic E-state index is 0.0135. The summed E-state index contributed by atoms with van der Waals surface area (Å²) in [5.41, 5.74) is 0.301. The number of nitro groups is 1. The van der Waals surface area contributed by atoms with E-state index in [0.29, 0.717) is 5.56 Å². The minimum atomic E-state index is -1.77. The number of halogens is 5. The monoisotopic (exact) mass is 591 g/mol.